The maximum absolute atomic E-state index is 9.17. The first-order valence-corrected chi connectivity index (χ1v) is 6.27. The fourth-order valence-corrected chi connectivity index (χ4v) is 1.84. The summed E-state index contributed by atoms with van der Waals surface area (Å²) < 4.78 is 10.6. The van der Waals surface area contributed by atoms with Crippen molar-refractivity contribution in [3.63, 3.8) is 0 Å². The molecule has 1 rings (SSSR count). The monoisotopic (exact) mass is 283 g/mol. The number of nitrogens with one attached hydrogen (secondary N) is 1. The molecule has 0 aromatic heterocycles. The molecule has 0 saturated carbocycles. The summed E-state index contributed by atoms with van der Waals surface area (Å²) in [4.78, 5) is 0. The minimum Gasteiger partial charge on any atom is -0.493 e. The van der Waals surface area contributed by atoms with E-state index in [1.807, 2.05) is 6.07 Å². The van der Waals surface area contributed by atoms with Crippen LogP contribution in [0, 0.1) is 12.3 Å². The molecule has 0 spiro atoms. The molecule has 1 aromatic carbocycles. The van der Waals surface area contributed by atoms with Gasteiger partial charge in [0.05, 0.1) is 18.2 Å². The molecule has 1 unspecified atom stereocenters. The predicted octanol–water partition coefficient (Wildman–Crippen LogP) is 1.83. The Hall–Kier alpha value is -1.41. The second-order valence-corrected chi connectivity index (χ2v) is 4.49. The molecule has 2 N–H and O–H groups in total. The molecular weight excluding hydrogens is 266 g/mol. The number of rotatable bonds is 7. The number of aliphatic hydroxyl groups is 1. The Kier molecular flexibility index (Phi) is 6.51. The van der Waals surface area contributed by atoms with Gasteiger partial charge in [0.1, 0.15) is 6.61 Å². The Bertz CT molecular complexity index is 455. The topological polar surface area (TPSA) is 50.7 Å². The third-order valence-corrected chi connectivity index (χ3v) is 2.64. The molecule has 0 bridgehead atoms. The van der Waals surface area contributed by atoms with Crippen LogP contribution in [0.1, 0.15) is 12.5 Å². The van der Waals surface area contributed by atoms with Crippen LogP contribution in [0.3, 0.4) is 0 Å². The van der Waals surface area contributed by atoms with Crippen molar-refractivity contribution in [1.29, 1.82) is 0 Å². The summed E-state index contributed by atoms with van der Waals surface area (Å²) in [5.41, 5.74) is 0.940. The fourth-order valence-electron chi connectivity index (χ4n) is 1.55. The van der Waals surface area contributed by atoms with Gasteiger partial charge in [0.2, 0.25) is 0 Å². The molecule has 0 aliphatic rings. The number of aliphatic hydroxyl groups excluding tert-OH is 1. The van der Waals surface area contributed by atoms with Crippen LogP contribution >= 0.6 is 11.6 Å². The summed E-state index contributed by atoms with van der Waals surface area (Å²) >= 11 is 6.14. The molecule has 0 amide bonds. The van der Waals surface area contributed by atoms with E-state index in [-0.39, 0.29) is 6.61 Å². The number of methoxy groups -OCH3 is 1. The number of benzene rings is 1. The highest BCUT2D eigenvalue weighted by Crippen LogP contribution is 2.36. The molecule has 104 valence electrons. The maximum atomic E-state index is 9.17. The van der Waals surface area contributed by atoms with Crippen molar-refractivity contribution in [1.82, 2.24) is 5.32 Å². The lowest BCUT2D eigenvalue weighted by Crippen LogP contribution is -2.23. The number of terminal acetylenes is 1. The van der Waals surface area contributed by atoms with E-state index in [1.165, 1.54) is 0 Å². The van der Waals surface area contributed by atoms with E-state index >= 15 is 0 Å². The van der Waals surface area contributed by atoms with E-state index in [2.05, 4.69) is 11.2 Å². The van der Waals surface area contributed by atoms with Gasteiger partial charge in [-0.3, -0.25) is 0 Å². The van der Waals surface area contributed by atoms with E-state index < -0.39 is 6.10 Å². The summed E-state index contributed by atoms with van der Waals surface area (Å²) in [5, 5.41) is 12.7. The SMILES string of the molecule is C#CCOc1c(Cl)cc(CNCC(C)O)cc1OC. The lowest BCUT2D eigenvalue weighted by molar-refractivity contribution is 0.191. The van der Waals surface area contributed by atoms with Crippen molar-refractivity contribution < 1.29 is 14.6 Å². The minimum absolute atomic E-state index is 0.135. The van der Waals surface area contributed by atoms with E-state index in [4.69, 9.17) is 27.5 Å². The Morgan fingerprint density at radius 2 is 2.26 bits per heavy atom. The normalized spacial score (nSPS) is 11.7. The van der Waals surface area contributed by atoms with Gasteiger partial charge in [-0.25, -0.2) is 0 Å². The van der Waals surface area contributed by atoms with Crippen LogP contribution < -0.4 is 14.8 Å². The number of halogens is 1. The molecule has 4 nitrogen and oxygen atoms in total. The first-order chi connectivity index (χ1) is 9.08. The van der Waals surface area contributed by atoms with Gasteiger partial charge in [-0.15, -0.1) is 6.42 Å². The molecule has 0 aliphatic heterocycles. The van der Waals surface area contributed by atoms with Gasteiger partial charge in [0, 0.05) is 13.1 Å². The average molecular weight is 284 g/mol. The summed E-state index contributed by atoms with van der Waals surface area (Å²) in [6.45, 7) is 2.94. The van der Waals surface area contributed by atoms with Crippen LogP contribution in [0.5, 0.6) is 11.5 Å². The predicted molar refractivity (Wildman–Crippen MR) is 75.7 cm³/mol. The zero-order valence-corrected chi connectivity index (χ0v) is 11.8. The Balaban J connectivity index is 2.81. The van der Waals surface area contributed by atoms with Crippen molar-refractivity contribution in [2.24, 2.45) is 0 Å². The Morgan fingerprint density at radius 3 is 2.84 bits per heavy atom. The van der Waals surface area contributed by atoms with Gasteiger partial charge in [0.15, 0.2) is 11.5 Å². The molecule has 0 fully saturated rings. The first kappa shape index (κ1) is 15.6. The lowest BCUT2D eigenvalue weighted by atomic mass is 10.2. The first-order valence-electron chi connectivity index (χ1n) is 5.90. The van der Waals surface area contributed by atoms with Gasteiger partial charge in [0.25, 0.3) is 0 Å². The van der Waals surface area contributed by atoms with Crippen LogP contribution in [0.2, 0.25) is 5.02 Å². The lowest BCUT2D eigenvalue weighted by Gasteiger charge is -2.13. The van der Waals surface area contributed by atoms with Crippen LogP contribution in [0.25, 0.3) is 0 Å². The quantitative estimate of drug-likeness (QED) is 0.750. The van der Waals surface area contributed by atoms with Gasteiger partial charge in [-0.2, -0.15) is 0 Å². The molecule has 0 radical (unpaired) electrons. The number of ether oxygens (including phenoxy) is 2. The van der Waals surface area contributed by atoms with Gasteiger partial charge in [-0.1, -0.05) is 17.5 Å². The van der Waals surface area contributed by atoms with Crippen molar-refractivity contribution in [2.75, 3.05) is 20.3 Å². The number of hydrogen-bond acceptors (Lipinski definition) is 4. The van der Waals surface area contributed by atoms with Gasteiger partial charge >= 0.3 is 0 Å². The highest BCUT2D eigenvalue weighted by atomic mass is 35.5. The van der Waals surface area contributed by atoms with Gasteiger partial charge in [-0.05, 0) is 24.6 Å². The smallest absolute Gasteiger partial charge is 0.181 e. The highest BCUT2D eigenvalue weighted by Gasteiger charge is 2.11. The summed E-state index contributed by atoms with van der Waals surface area (Å²) in [5.74, 6) is 3.36. The van der Waals surface area contributed by atoms with E-state index in [1.54, 1.807) is 20.1 Å². The van der Waals surface area contributed by atoms with Crippen LogP contribution in [-0.4, -0.2) is 31.5 Å². The third-order valence-electron chi connectivity index (χ3n) is 2.36. The summed E-state index contributed by atoms with van der Waals surface area (Å²) in [6, 6.07) is 3.61. The fraction of sp³-hybridized carbons (Fsp3) is 0.429. The maximum Gasteiger partial charge on any atom is 0.181 e. The summed E-state index contributed by atoms with van der Waals surface area (Å²) in [7, 11) is 1.54. The highest BCUT2D eigenvalue weighted by molar-refractivity contribution is 6.32. The molecule has 0 aliphatic carbocycles. The molecular formula is C14H18ClNO3. The second-order valence-electron chi connectivity index (χ2n) is 4.08. The Labute approximate surface area is 118 Å². The van der Waals surface area contributed by atoms with E-state index in [0.29, 0.717) is 29.6 Å². The van der Waals surface area contributed by atoms with E-state index in [0.717, 1.165) is 5.56 Å². The zero-order valence-electron chi connectivity index (χ0n) is 11.1. The van der Waals surface area contributed by atoms with Crippen molar-refractivity contribution in [3.05, 3.63) is 22.7 Å². The second kappa shape index (κ2) is 7.90. The minimum atomic E-state index is -0.393. The molecule has 0 saturated heterocycles. The molecule has 0 heterocycles. The van der Waals surface area contributed by atoms with Crippen LogP contribution in [0.15, 0.2) is 12.1 Å². The molecule has 1 atom stereocenters. The van der Waals surface area contributed by atoms with Crippen molar-refractivity contribution in [2.45, 2.75) is 19.6 Å². The van der Waals surface area contributed by atoms with Gasteiger partial charge < -0.3 is 19.9 Å². The van der Waals surface area contributed by atoms with Crippen LogP contribution in [-0.2, 0) is 6.54 Å². The summed E-state index contributed by atoms with van der Waals surface area (Å²) in [6.07, 6.45) is 4.76. The molecule has 1 aromatic rings. The average Bonchev–Trinajstić information content (AvgIpc) is 2.36. The van der Waals surface area contributed by atoms with Crippen LogP contribution in [0.4, 0.5) is 0 Å². The number of hydrogen-bond donors (Lipinski definition) is 2. The molecule has 19 heavy (non-hydrogen) atoms. The largest absolute Gasteiger partial charge is 0.493 e. The Morgan fingerprint density at radius 1 is 1.53 bits per heavy atom. The standard InChI is InChI=1S/C14H18ClNO3/c1-4-5-19-14-12(15)6-11(7-13(14)18-3)9-16-8-10(2)17/h1,6-7,10,16-17H,5,8-9H2,2-3H3. The zero-order chi connectivity index (χ0) is 14.3. The van der Waals surface area contributed by atoms with Crippen molar-refractivity contribution >= 4 is 11.6 Å². The molecule has 5 heteroatoms. The van der Waals surface area contributed by atoms with Crippen molar-refractivity contribution in [3.8, 4) is 23.8 Å². The van der Waals surface area contributed by atoms with E-state index in [9.17, 15) is 5.11 Å². The third kappa shape index (κ3) is 4.99.